The van der Waals surface area contributed by atoms with Gasteiger partial charge in [0.05, 0.1) is 5.69 Å². The number of carbonyl (C=O) groups is 1. The summed E-state index contributed by atoms with van der Waals surface area (Å²) in [5.74, 6) is 0. The van der Waals surface area contributed by atoms with Crippen molar-refractivity contribution in [3.8, 4) is 0 Å². The Bertz CT molecular complexity index is 773. The summed E-state index contributed by atoms with van der Waals surface area (Å²) in [5.41, 5.74) is 4.39. The predicted octanol–water partition coefficient (Wildman–Crippen LogP) is 3.82. The highest BCUT2D eigenvalue weighted by atomic mass is 16.2. The molecule has 0 bridgehead atoms. The van der Waals surface area contributed by atoms with Crippen LogP contribution in [0.5, 0.6) is 0 Å². The van der Waals surface area contributed by atoms with Crippen molar-refractivity contribution in [2.45, 2.75) is 32.7 Å². The van der Waals surface area contributed by atoms with Crippen LogP contribution in [0.1, 0.15) is 27.2 Å². The first-order chi connectivity index (χ1) is 11.5. The Morgan fingerprint density at radius 3 is 2.62 bits per heavy atom. The van der Waals surface area contributed by atoms with Gasteiger partial charge in [0.15, 0.2) is 0 Å². The first-order valence-corrected chi connectivity index (χ1v) is 8.29. The minimum absolute atomic E-state index is 0.0986. The maximum Gasteiger partial charge on any atom is 0.339 e. The van der Waals surface area contributed by atoms with Crippen LogP contribution < -0.4 is 10.7 Å². The highest BCUT2D eigenvalue weighted by Gasteiger charge is 2.34. The van der Waals surface area contributed by atoms with Gasteiger partial charge in [0, 0.05) is 36.1 Å². The van der Waals surface area contributed by atoms with Crippen LogP contribution in [0.3, 0.4) is 0 Å². The highest BCUT2D eigenvalue weighted by molar-refractivity contribution is 6.01. The molecule has 2 aromatic rings. The lowest BCUT2D eigenvalue weighted by molar-refractivity contribution is 0.252. The molecule has 1 aliphatic rings. The predicted molar refractivity (Wildman–Crippen MR) is 99.5 cm³/mol. The monoisotopic (exact) mass is 324 g/mol. The fourth-order valence-electron chi connectivity index (χ4n) is 3.06. The lowest BCUT2D eigenvalue weighted by Gasteiger charge is -2.26. The standard InChI is InChI=1S/C19H24N4O/c1-14(13-19(2,3)23-11-12-23)21-22-18(24)20-17-10-6-8-15-7-4-5-9-16(15)17/h4-10H,11-13H2,1-3H3,(H2,20,22,24)/b21-14-. The molecule has 0 atom stereocenters. The average Bonchev–Trinajstić information content (AvgIpc) is 3.38. The maximum absolute atomic E-state index is 12.1. The van der Waals surface area contributed by atoms with Gasteiger partial charge in [0.1, 0.15) is 0 Å². The molecule has 24 heavy (non-hydrogen) atoms. The highest BCUT2D eigenvalue weighted by Crippen LogP contribution is 2.26. The summed E-state index contributed by atoms with van der Waals surface area (Å²) >= 11 is 0. The van der Waals surface area contributed by atoms with E-state index in [2.05, 4.69) is 34.6 Å². The van der Waals surface area contributed by atoms with E-state index in [1.165, 1.54) is 0 Å². The van der Waals surface area contributed by atoms with Crippen molar-refractivity contribution in [2.24, 2.45) is 5.10 Å². The Hall–Kier alpha value is -2.40. The SMILES string of the molecule is C/C(CC(C)(C)N1CC1)=N/NC(=O)Nc1cccc2ccccc12. The van der Waals surface area contributed by atoms with Crippen LogP contribution in [0.25, 0.3) is 10.8 Å². The first kappa shape index (κ1) is 16.5. The molecular formula is C19H24N4O. The Kier molecular flexibility index (Phi) is 4.53. The number of benzene rings is 2. The van der Waals surface area contributed by atoms with Crippen LogP contribution in [-0.4, -0.2) is 35.3 Å². The molecule has 0 saturated carbocycles. The van der Waals surface area contributed by atoms with Crippen molar-refractivity contribution >= 4 is 28.2 Å². The number of anilines is 1. The minimum atomic E-state index is -0.324. The van der Waals surface area contributed by atoms with Gasteiger partial charge in [-0.1, -0.05) is 36.4 Å². The van der Waals surface area contributed by atoms with E-state index in [1.807, 2.05) is 49.4 Å². The number of hydrazone groups is 1. The molecule has 2 amide bonds. The van der Waals surface area contributed by atoms with Gasteiger partial charge in [0.2, 0.25) is 0 Å². The van der Waals surface area contributed by atoms with Gasteiger partial charge >= 0.3 is 6.03 Å². The first-order valence-electron chi connectivity index (χ1n) is 8.29. The van der Waals surface area contributed by atoms with E-state index in [9.17, 15) is 4.79 Å². The van der Waals surface area contributed by atoms with Crippen LogP contribution >= 0.6 is 0 Å². The third-order valence-corrected chi connectivity index (χ3v) is 4.38. The van der Waals surface area contributed by atoms with E-state index in [-0.39, 0.29) is 11.6 Å². The number of hydrogen-bond acceptors (Lipinski definition) is 3. The lowest BCUT2D eigenvalue weighted by atomic mass is 9.98. The van der Waals surface area contributed by atoms with Crippen molar-refractivity contribution in [3.05, 3.63) is 42.5 Å². The van der Waals surface area contributed by atoms with Gasteiger partial charge in [0.25, 0.3) is 0 Å². The third kappa shape index (κ3) is 3.92. The molecule has 3 rings (SSSR count). The molecule has 0 radical (unpaired) electrons. The molecule has 1 heterocycles. The smallest absolute Gasteiger partial charge is 0.306 e. The number of nitrogens with zero attached hydrogens (tertiary/aromatic N) is 2. The number of nitrogens with one attached hydrogen (secondary N) is 2. The zero-order valence-electron chi connectivity index (χ0n) is 14.5. The summed E-state index contributed by atoms with van der Waals surface area (Å²) in [7, 11) is 0. The molecule has 1 fully saturated rings. The maximum atomic E-state index is 12.1. The molecule has 0 aliphatic carbocycles. The van der Waals surface area contributed by atoms with Gasteiger partial charge in [-0.15, -0.1) is 0 Å². The van der Waals surface area contributed by atoms with E-state index >= 15 is 0 Å². The second-order valence-electron chi connectivity index (χ2n) is 6.92. The number of urea groups is 1. The quantitative estimate of drug-likeness (QED) is 0.499. The van der Waals surface area contributed by atoms with Gasteiger partial charge in [-0.05, 0) is 32.2 Å². The number of hydrogen-bond donors (Lipinski definition) is 2. The zero-order valence-corrected chi connectivity index (χ0v) is 14.5. The second kappa shape index (κ2) is 6.61. The van der Waals surface area contributed by atoms with Gasteiger partial charge < -0.3 is 5.32 Å². The van der Waals surface area contributed by atoms with E-state index in [4.69, 9.17) is 0 Å². The van der Waals surface area contributed by atoms with Crippen LogP contribution in [0.15, 0.2) is 47.6 Å². The fraction of sp³-hybridized carbons (Fsp3) is 0.368. The van der Waals surface area contributed by atoms with Gasteiger partial charge in [-0.2, -0.15) is 5.10 Å². The van der Waals surface area contributed by atoms with Crippen molar-refractivity contribution in [2.75, 3.05) is 18.4 Å². The molecular weight excluding hydrogens is 300 g/mol. The van der Waals surface area contributed by atoms with Crippen LogP contribution in [0.4, 0.5) is 10.5 Å². The Morgan fingerprint density at radius 1 is 1.17 bits per heavy atom. The van der Waals surface area contributed by atoms with Crippen molar-refractivity contribution < 1.29 is 4.79 Å². The Morgan fingerprint density at radius 2 is 1.88 bits per heavy atom. The lowest BCUT2D eigenvalue weighted by Crippen LogP contribution is -2.33. The topological polar surface area (TPSA) is 56.5 Å². The summed E-state index contributed by atoms with van der Waals surface area (Å²) in [4.78, 5) is 14.5. The molecule has 2 aromatic carbocycles. The van der Waals surface area contributed by atoms with Crippen LogP contribution in [0.2, 0.25) is 0 Å². The van der Waals surface area contributed by atoms with Crippen molar-refractivity contribution in [1.29, 1.82) is 0 Å². The molecule has 5 nitrogen and oxygen atoms in total. The third-order valence-electron chi connectivity index (χ3n) is 4.38. The van der Waals surface area contributed by atoms with Crippen molar-refractivity contribution in [3.63, 3.8) is 0 Å². The molecule has 2 N–H and O–H groups in total. The van der Waals surface area contributed by atoms with Gasteiger partial charge in [-0.3, -0.25) is 4.90 Å². The molecule has 0 unspecified atom stereocenters. The van der Waals surface area contributed by atoms with E-state index in [1.54, 1.807) is 0 Å². The van der Waals surface area contributed by atoms with Crippen LogP contribution in [-0.2, 0) is 0 Å². The van der Waals surface area contributed by atoms with Crippen molar-refractivity contribution in [1.82, 2.24) is 10.3 Å². The average molecular weight is 324 g/mol. The molecule has 5 heteroatoms. The molecule has 126 valence electrons. The number of rotatable bonds is 5. The molecule has 0 aromatic heterocycles. The van der Waals surface area contributed by atoms with Crippen LogP contribution in [0, 0.1) is 0 Å². The number of carbonyl (C=O) groups excluding carboxylic acids is 1. The van der Waals surface area contributed by atoms with E-state index in [0.29, 0.717) is 0 Å². The summed E-state index contributed by atoms with van der Waals surface area (Å²) in [5, 5.41) is 9.20. The summed E-state index contributed by atoms with van der Waals surface area (Å²) in [6, 6.07) is 13.5. The van der Waals surface area contributed by atoms with Gasteiger partial charge in [-0.25, -0.2) is 10.2 Å². The molecule has 0 spiro atoms. The van der Waals surface area contributed by atoms with E-state index < -0.39 is 0 Å². The number of amides is 2. The van der Waals surface area contributed by atoms with E-state index in [0.717, 1.165) is 41.7 Å². The molecule has 1 aliphatic heterocycles. The summed E-state index contributed by atoms with van der Waals surface area (Å²) < 4.78 is 0. The second-order valence-corrected chi connectivity index (χ2v) is 6.92. The molecule has 1 saturated heterocycles. The Balaban J connectivity index is 1.61. The number of fused-ring (bicyclic) bond motifs is 1. The fourth-order valence-corrected chi connectivity index (χ4v) is 3.06. The largest absolute Gasteiger partial charge is 0.339 e. The normalized spacial score (nSPS) is 15.4. The summed E-state index contributed by atoms with van der Waals surface area (Å²) in [6.45, 7) is 8.65. The zero-order chi connectivity index (χ0) is 17.2. The summed E-state index contributed by atoms with van der Waals surface area (Å²) in [6.07, 6.45) is 0.835. The minimum Gasteiger partial charge on any atom is -0.306 e. The Labute approximate surface area is 142 Å².